The molecule has 0 heterocycles. The lowest BCUT2D eigenvalue weighted by Crippen LogP contribution is -2.12. The SMILES string of the molecule is C=CC(=O)Oc1ccc(OC(=O)/C(C)=C/c2ccc(OC(=O)C=C)c(OC(=O)C=C)c2)c(OC(=O)C=C)c1. The largest absolute Gasteiger partial charge is 0.423 e. The number of rotatable bonds is 11. The first-order valence-electron chi connectivity index (χ1n) is 10.7. The molecule has 0 unspecified atom stereocenters. The van der Waals surface area contributed by atoms with Crippen molar-refractivity contribution in [1.82, 2.24) is 0 Å². The molecule has 2 rings (SSSR count). The summed E-state index contributed by atoms with van der Waals surface area (Å²) in [5.41, 5.74) is 0.472. The van der Waals surface area contributed by atoms with Gasteiger partial charge in [-0.25, -0.2) is 24.0 Å². The number of ether oxygens (including phenoxy) is 5. The van der Waals surface area contributed by atoms with Gasteiger partial charge < -0.3 is 23.7 Å². The molecule has 0 bridgehead atoms. The second-order valence-corrected chi connectivity index (χ2v) is 7.03. The number of benzene rings is 2. The third-order valence-electron chi connectivity index (χ3n) is 4.31. The van der Waals surface area contributed by atoms with E-state index in [4.69, 9.17) is 23.7 Å². The molecule has 0 aliphatic rings. The number of hydrogen-bond donors (Lipinski definition) is 0. The van der Waals surface area contributed by atoms with E-state index in [1.165, 1.54) is 49.4 Å². The van der Waals surface area contributed by atoms with Gasteiger partial charge in [0, 0.05) is 35.9 Å². The van der Waals surface area contributed by atoms with Gasteiger partial charge >= 0.3 is 29.8 Å². The predicted octanol–water partition coefficient (Wildman–Crippen LogP) is 4.06. The van der Waals surface area contributed by atoms with Crippen LogP contribution in [0.5, 0.6) is 28.7 Å². The summed E-state index contributed by atoms with van der Waals surface area (Å²) in [6.07, 6.45) is 5.10. The van der Waals surface area contributed by atoms with Gasteiger partial charge in [0.1, 0.15) is 5.75 Å². The second-order valence-electron chi connectivity index (χ2n) is 7.03. The monoisotopic (exact) mass is 518 g/mol. The molecule has 194 valence electrons. The molecule has 0 amide bonds. The van der Waals surface area contributed by atoms with Gasteiger partial charge in [-0.1, -0.05) is 32.4 Å². The highest BCUT2D eigenvalue weighted by atomic mass is 16.6. The molecule has 0 aliphatic carbocycles. The smallest absolute Gasteiger partial charge is 0.339 e. The van der Waals surface area contributed by atoms with Gasteiger partial charge in [0.25, 0.3) is 0 Å². The lowest BCUT2D eigenvalue weighted by Gasteiger charge is -2.12. The van der Waals surface area contributed by atoms with Crippen LogP contribution in [0.15, 0.2) is 92.6 Å². The summed E-state index contributed by atoms with van der Waals surface area (Å²) in [4.78, 5) is 59.2. The first-order valence-corrected chi connectivity index (χ1v) is 10.7. The zero-order chi connectivity index (χ0) is 28.2. The quantitative estimate of drug-likeness (QED) is 0.244. The molecule has 2 aromatic carbocycles. The van der Waals surface area contributed by atoms with E-state index in [1.54, 1.807) is 0 Å². The van der Waals surface area contributed by atoms with Crippen LogP contribution in [0.2, 0.25) is 0 Å². The van der Waals surface area contributed by atoms with E-state index >= 15 is 0 Å². The normalized spacial score (nSPS) is 10.3. The highest BCUT2D eigenvalue weighted by Crippen LogP contribution is 2.33. The van der Waals surface area contributed by atoms with Gasteiger partial charge in [-0.3, -0.25) is 0 Å². The third kappa shape index (κ3) is 8.31. The van der Waals surface area contributed by atoms with E-state index in [1.807, 2.05) is 0 Å². The first kappa shape index (κ1) is 28.7. The van der Waals surface area contributed by atoms with Gasteiger partial charge in [0.2, 0.25) is 0 Å². The molecular weight excluding hydrogens is 496 g/mol. The Kier molecular flexibility index (Phi) is 10.2. The maximum absolute atomic E-state index is 12.8. The second kappa shape index (κ2) is 13.5. The van der Waals surface area contributed by atoms with Crippen LogP contribution in [0.1, 0.15) is 12.5 Å². The molecule has 10 nitrogen and oxygen atoms in total. The van der Waals surface area contributed by atoms with Crippen LogP contribution < -0.4 is 23.7 Å². The molecule has 0 fully saturated rings. The van der Waals surface area contributed by atoms with E-state index < -0.39 is 29.8 Å². The fourth-order valence-corrected chi connectivity index (χ4v) is 2.59. The molecule has 2 aromatic rings. The van der Waals surface area contributed by atoms with Gasteiger partial charge in [-0.15, -0.1) is 0 Å². The zero-order valence-corrected chi connectivity index (χ0v) is 20.3. The summed E-state index contributed by atoms with van der Waals surface area (Å²) < 4.78 is 25.6. The lowest BCUT2D eigenvalue weighted by molar-refractivity contribution is -0.132. The molecule has 0 radical (unpaired) electrons. The molecule has 0 N–H and O–H groups in total. The minimum absolute atomic E-state index is 0.00710. The molecule has 0 saturated heterocycles. The summed E-state index contributed by atoms with van der Waals surface area (Å²) in [5.74, 6) is -4.53. The average molecular weight is 518 g/mol. The Morgan fingerprint density at radius 2 is 1.03 bits per heavy atom. The van der Waals surface area contributed by atoms with Crippen molar-refractivity contribution < 1.29 is 47.7 Å². The number of carbonyl (C=O) groups excluding carboxylic acids is 5. The Morgan fingerprint density at radius 3 is 1.58 bits per heavy atom. The Morgan fingerprint density at radius 1 is 0.579 bits per heavy atom. The molecule has 38 heavy (non-hydrogen) atoms. The van der Waals surface area contributed by atoms with Crippen molar-refractivity contribution in [2.75, 3.05) is 0 Å². The van der Waals surface area contributed by atoms with E-state index in [0.29, 0.717) is 5.56 Å². The summed E-state index contributed by atoms with van der Waals surface area (Å²) >= 11 is 0. The van der Waals surface area contributed by atoms with Crippen LogP contribution >= 0.6 is 0 Å². The van der Waals surface area contributed by atoms with Crippen molar-refractivity contribution in [3.8, 4) is 28.7 Å². The standard InChI is InChI=1S/C28H22O10/c1-6-24(29)34-19-11-13-21(23(16-19)37-27(32)9-4)38-28(33)17(5)14-18-10-12-20(35-25(30)7-2)22(15-18)36-26(31)8-3/h6-16H,1-4H2,5H3/b17-14+. The lowest BCUT2D eigenvalue weighted by atomic mass is 10.1. The van der Waals surface area contributed by atoms with E-state index in [-0.39, 0.29) is 34.3 Å². The molecule has 10 heteroatoms. The Hall–Kier alpha value is -5.51. The van der Waals surface area contributed by atoms with Gasteiger partial charge in [0.15, 0.2) is 23.0 Å². The maximum Gasteiger partial charge on any atom is 0.339 e. The maximum atomic E-state index is 12.8. The molecule has 0 atom stereocenters. The predicted molar refractivity (Wildman–Crippen MR) is 135 cm³/mol. The highest BCUT2D eigenvalue weighted by molar-refractivity contribution is 5.95. The van der Waals surface area contributed by atoms with E-state index in [0.717, 1.165) is 24.3 Å². The molecule has 0 aromatic heterocycles. The van der Waals surface area contributed by atoms with Crippen LogP contribution in [0.3, 0.4) is 0 Å². The highest BCUT2D eigenvalue weighted by Gasteiger charge is 2.17. The zero-order valence-electron chi connectivity index (χ0n) is 20.3. The Balaban J connectivity index is 2.35. The fourth-order valence-electron chi connectivity index (χ4n) is 2.59. The van der Waals surface area contributed by atoms with Crippen LogP contribution in [-0.2, 0) is 24.0 Å². The van der Waals surface area contributed by atoms with Gasteiger partial charge in [-0.2, -0.15) is 0 Å². The number of carbonyl (C=O) groups is 5. The fraction of sp³-hybridized carbons (Fsp3) is 0.0357. The van der Waals surface area contributed by atoms with Crippen molar-refractivity contribution in [2.24, 2.45) is 0 Å². The Labute approximate surface area is 217 Å². The topological polar surface area (TPSA) is 132 Å². The molecule has 0 aliphatic heterocycles. The van der Waals surface area contributed by atoms with Crippen molar-refractivity contribution >= 4 is 35.9 Å². The molecular formula is C28H22O10. The number of hydrogen-bond acceptors (Lipinski definition) is 10. The number of esters is 5. The molecule has 0 saturated carbocycles. The van der Waals surface area contributed by atoms with Gasteiger partial charge in [0.05, 0.1) is 0 Å². The van der Waals surface area contributed by atoms with Gasteiger partial charge in [-0.05, 0) is 42.8 Å². The van der Waals surface area contributed by atoms with Crippen LogP contribution in [-0.4, -0.2) is 29.8 Å². The minimum atomic E-state index is -0.847. The Bertz CT molecular complexity index is 1360. The summed E-state index contributed by atoms with van der Waals surface area (Å²) in [5, 5.41) is 0. The summed E-state index contributed by atoms with van der Waals surface area (Å²) in [6, 6.07) is 7.95. The summed E-state index contributed by atoms with van der Waals surface area (Å²) in [7, 11) is 0. The van der Waals surface area contributed by atoms with Crippen molar-refractivity contribution in [1.29, 1.82) is 0 Å². The van der Waals surface area contributed by atoms with Crippen molar-refractivity contribution in [3.05, 3.63) is 98.2 Å². The van der Waals surface area contributed by atoms with Crippen molar-refractivity contribution in [3.63, 3.8) is 0 Å². The van der Waals surface area contributed by atoms with E-state index in [2.05, 4.69) is 26.3 Å². The first-order chi connectivity index (χ1) is 18.1. The summed E-state index contributed by atoms with van der Waals surface area (Å²) in [6.45, 7) is 14.7. The minimum Gasteiger partial charge on any atom is -0.423 e. The van der Waals surface area contributed by atoms with Crippen molar-refractivity contribution in [2.45, 2.75) is 6.92 Å². The third-order valence-corrected chi connectivity index (χ3v) is 4.31. The van der Waals surface area contributed by atoms with Crippen LogP contribution in [0.25, 0.3) is 6.08 Å². The van der Waals surface area contributed by atoms with Crippen LogP contribution in [0, 0.1) is 0 Å². The van der Waals surface area contributed by atoms with E-state index in [9.17, 15) is 24.0 Å². The molecule has 0 spiro atoms. The van der Waals surface area contributed by atoms with Crippen LogP contribution in [0.4, 0.5) is 0 Å². The average Bonchev–Trinajstić information content (AvgIpc) is 2.90.